The molecule has 0 saturated heterocycles. The lowest BCUT2D eigenvalue weighted by molar-refractivity contribution is 0.103. The predicted molar refractivity (Wildman–Crippen MR) is 134 cm³/mol. The first kappa shape index (κ1) is 22.4. The molecule has 0 atom stereocenters. The largest absolute Gasteiger partial charge is 0.343 e. The third kappa shape index (κ3) is 4.29. The van der Waals surface area contributed by atoms with Gasteiger partial charge in [0.05, 0.1) is 28.3 Å². The highest BCUT2D eigenvalue weighted by molar-refractivity contribution is 7.17. The number of thiazole rings is 1. The molecule has 168 valence electrons. The average Bonchev–Trinajstić information content (AvgIpc) is 3.19. The molecule has 0 fully saturated rings. The zero-order chi connectivity index (χ0) is 23.7. The Bertz CT molecular complexity index is 1390. The number of benzene rings is 2. The van der Waals surface area contributed by atoms with Crippen molar-refractivity contribution in [3.8, 4) is 10.6 Å². The fourth-order valence-electron chi connectivity index (χ4n) is 3.66. The van der Waals surface area contributed by atoms with E-state index in [4.69, 9.17) is 0 Å². The minimum atomic E-state index is -0.259. The van der Waals surface area contributed by atoms with E-state index in [9.17, 15) is 9.59 Å². The van der Waals surface area contributed by atoms with E-state index < -0.39 is 0 Å². The number of anilines is 3. The summed E-state index contributed by atoms with van der Waals surface area (Å²) in [6.07, 6.45) is 0. The van der Waals surface area contributed by atoms with E-state index in [0.29, 0.717) is 26.8 Å². The number of carbonyl (C=O) groups is 1. The second-order valence-electron chi connectivity index (χ2n) is 7.81. The molecule has 2 aromatic heterocycles. The lowest BCUT2D eigenvalue weighted by Gasteiger charge is -2.22. The van der Waals surface area contributed by atoms with E-state index in [0.717, 1.165) is 22.6 Å². The monoisotopic (exact) mass is 459 g/mol. The number of para-hydroxylation sites is 3. The number of nitrogens with one attached hydrogen (secondary N) is 1. The molecule has 0 aliphatic rings. The quantitative estimate of drug-likeness (QED) is 0.462. The van der Waals surface area contributed by atoms with Crippen LogP contribution < -0.4 is 15.8 Å². The molecule has 1 N–H and O–H groups in total. The Hall–Kier alpha value is -3.78. The van der Waals surface area contributed by atoms with Crippen LogP contribution in [0, 0.1) is 20.8 Å². The van der Waals surface area contributed by atoms with E-state index in [2.05, 4.69) is 15.4 Å². The van der Waals surface area contributed by atoms with Crippen LogP contribution in [-0.2, 0) is 7.05 Å². The van der Waals surface area contributed by atoms with Gasteiger partial charge in [-0.1, -0.05) is 30.3 Å². The van der Waals surface area contributed by atoms with E-state index in [-0.39, 0.29) is 11.5 Å². The first-order chi connectivity index (χ1) is 15.8. The summed E-state index contributed by atoms with van der Waals surface area (Å²) < 4.78 is 1.31. The molecular formula is C25H25N5O2S. The van der Waals surface area contributed by atoms with Gasteiger partial charge in [-0.25, -0.2) is 9.67 Å². The molecule has 4 rings (SSSR count). The zero-order valence-electron chi connectivity index (χ0n) is 19.2. The van der Waals surface area contributed by atoms with Gasteiger partial charge in [0.15, 0.2) is 0 Å². The van der Waals surface area contributed by atoms with Crippen molar-refractivity contribution in [3.05, 3.63) is 86.8 Å². The van der Waals surface area contributed by atoms with Gasteiger partial charge in [0.1, 0.15) is 9.88 Å². The summed E-state index contributed by atoms with van der Waals surface area (Å²) >= 11 is 1.22. The molecule has 0 aliphatic heterocycles. The van der Waals surface area contributed by atoms with E-state index in [1.165, 1.54) is 16.0 Å². The molecule has 0 saturated carbocycles. The molecule has 7 nitrogen and oxygen atoms in total. The third-order valence-electron chi connectivity index (χ3n) is 5.60. The van der Waals surface area contributed by atoms with Gasteiger partial charge in [-0.15, -0.1) is 11.3 Å². The molecule has 4 aromatic rings. The Labute approximate surface area is 196 Å². The summed E-state index contributed by atoms with van der Waals surface area (Å²) in [5.74, 6) is -0.259. The van der Waals surface area contributed by atoms with Crippen LogP contribution in [0.4, 0.5) is 17.1 Å². The van der Waals surface area contributed by atoms with Crippen molar-refractivity contribution in [2.45, 2.75) is 20.8 Å². The van der Waals surface area contributed by atoms with Crippen LogP contribution >= 0.6 is 11.3 Å². The van der Waals surface area contributed by atoms with Crippen LogP contribution in [0.3, 0.4) is 0 Å². The summed E-state index contributed by atoms with van der Waals surface area (Å²) in [5.41, 5.74) is 4.93. The van der Waals surface area contributed by atoms with Crippen LogP contribution in [0.2, 0.25) is 0 Å². The number of rotatable bonds is 5. The number of nitrogens with zero attached hydrogens (tertiary/aromatic N) is 4. The van der Waals surface area contributed by atoms with Crippen molar-refractivity contribution in [2.24, 2.45) is 7.05 Å². The SMILES string of the molecule is Cc1nc(-c2c(C)c(C)nn(C)c2=O)sc1C(=O)Nc1ccccc1N(C)c1ccccc1. The van der Waals surface area contributed by atoms with E-state index in [1.807, 2.05) is 80.4 Å². The van der Waals surface area contributed by atoms with Gasteiger partial charge in [-0.3, -0.25) is 9.59 Å². The topological polar surface area (TPSA) is 80.1 Å². The summed E-state index contributed by atoms with van der Waals surface area (Å²) in [6, 6.07) is 17.6. The molecule has 33 heavy (non-hydrogen) atoms. The number of hydrogen-bond acceptors (Lipinski definition) is 6. The smallest absolute Gasteiger partial charge is 0.277 e. The number of aryl methyl sites for hydroxylation is 3. The maximum atomic E-state index is 13.2. The van der Waals surface area contributed by atoms with E-state index in [1.54, 1.807) is 14.0 Å². The number of hydrogen-bond donors (Lipinski definition) is 1. The summed E-state index contributed by atoms with van der Waals surface area (Å²) in [4.78, 5) is 33.0. The van der Waals surface area contributed by atoms with Crippen molar-refractivity contribution in [1.29, 1.82) is 0 Å². The van der Waals surface area contributed by atoms with Gasteiger partial charge in [0.2, 0.25) is 0 Å². The highest BCUT2D eigenvalue weighted by atomic mass is 32.1. The van der Waals surface area contributed by atoms with E-state index >= 15 is 0 Å². The molecule has 0 spiro atoms. The van der Waals surface area contributed by atoms with Gasteiger partial charge in [-0.2, -0.15) is 5.10 Å². The van der Waals surface area contributed by atoms with Crippen molar-refractivity contribution < 1.29 is 4.79 Å². The molecule has 2 heterocycles. The summed E-state index contributed by atoms with van der Waals surface area (Å²) in [6.45, 7) is 5.49. The molecule has 2 aromatic carbocycles. The number of amides is 1. The Morgan fingerprint density at radius 3 is 2.39 bits per heavy atom. The Kier molecular flexibility index (Phi) is 6.11. The zero-order valence-corrected chi connectivity index (χ0v) is 20.0. The van der Waals surface area contributed by atoms with Crippen molar-refractivity contribution in [2.75, 3.05) is 17.3 Å². The summed E-state index contributed by atoms with van der Waals surface area (Å²) in [7, 11) is 3.58. The van der Waals surface area contributed by atoms with Crippen LogP contribution in [0.15, 0.2) is 59.4 Å². The average molecular weight is 460 g/mol. The number of aromatic nitrogens is 3. The lowest BCUT2D eigenvalue weighted by Crippen LogP contribution is -2.23. The second kappa shape index (κ2) is 8.99. The van der Waals surface area contributed by atoms with Gasteiger partial charge in [0, 0.05) is 19.8 Å². The second-order valence-corrected chi connectivity index (χ2v) is 8.81. The predicted octanol–water partition coefficient (Wildman–Crippen LogP) is 4.85. The molecule has 0 aliphatic carbocycles. The maximum Gasteiger partial charge on any atom is 0.277 e. The molecule has 0 unspecified atom stereocenters. The standard InChI is InChI=1S/C25H25N5O2S/c1-15-16(2)28-30(5)25(32)21(15)24-26-17(3)22(33-24)23(31)27-19-13-9-10-14-20(19)29(4)18-11-7-6-8-12-18/h6-14H,1-5H3,(H,27,31). The van der Waals surface area contributed by atoms with Crippen molar-refractivity contribution >= 4 is 34.3 Å². The molecule has 1 amide bonds. The maximum absolute atomic E-state index is 13.2. The molecule has 8 heteroatoms. The van der Waals surface area contributed by atoms with Gasteiger partial charge in [-0.05, 0) is 50.6 Å². The van der Waals surface area contributed by atoms with Crippen LogP contribution in [-0.4, -0.2) is 27.7 Å². The van der Waals surface area contributed by atoms with Crippen molar-refractivity contribution in [1.82, 2.24) is 14.8 Å². The highest BCUT2D eigenvalue weighted by Crippen LogP contribution is 2.33. The molecule has 0 radical (unpaired) electrons. The highest BCUT2D eigenvalue weighted by Gasteiger charge is 2.22. The first-order valence-electron chi connectivity index (χ1n) is 10.5. The normalized spacial score (nSPS) is 10.8. The van der Waals surface area contributed by atoms with Gasteiger partial charge < -0.3 is 10.2 Å². The van der Waals surface area contributed by atoms with Crippen LogP contribution in [0.1, 0.15) is 26.6 Å². The fraction of sp³-hybridized carbons (Fsp3) is 0.200. The van der Waals surface area contributed by atoms with Gasteiger partial charge in [0.25, 0.3) is 11.5 Å². The van der Waals surface area contributed by atoms with Crippen LogP contribution in [0.25, 0.3) is 10.6 Å². The lowest BCUT2D eigenvalue weighted by atomic mass is 10.1. The summed E-state index contributed by atoms with van der Waals surface area (Å²) in [5, 5.41) is 7.78. The fourth-order valence-corrected chi connectivity index (χ4v) is 4.71. The Morgan fingerprint density at radius 2 is 1.67 bits per heavy atom. The minimum absolute atomic E-state index is 0.228. The Balaban J connectivity index is 1.68. The minimum Gasteiger partial charge on any atom is -0.343 e. The van der Waals surface area contributed by atoms with Gasteiger partial charge >= 0.3 is 0 Å². The Morgan fingerprint density at radius 1 is 1.00 bits per heavy atom. The molecule has 0 bridgehead atoms. The number of carbonyl (C=O) groups excluding carboxylic acids is 1. The van der Waals surface area contributed by atoms with Crippen molar-refractivity contribution in [3.63, 3.8) is 0 Å². The molecular weight excluding hydrogens is 434 g/mol. The third-order valence-corrected chi connectivity index (χ3v) is 6.77. The first-order valence-corrected chi connectivity index (χ1v) is 11.3. The van der Waals surface area contributed by atoms with Crippen LogP contribution in [0.5, 0.6) is 0 Å².